The van der Waals surface area contributed by atoms with Crippen molar-refractivity contribution in [2.45, 2.75) is 112 Å². The average Bonchev–Trinajstić information content (AvgIpc) is 3.09. The highest BCUT2D eigenvalue weighted by Gasteiger charge is 2.76. The molecular formula is C30H46O3. The van der Waals surface area contributed by atoms with Crippen molar-refractivity contribution in [2.75, 3.05) is 6.61 Å². The summed E-state index contributed by atoms with van der Waals surface area (Å²) >= 11 is 0. The van der Waals surface area contributed by atoms with Gasteiger partial charge in [0.15, 0.2) is 0 Å². The van der Waals surface area contributed by atoms with Crippen molar-refractivity contribution in [3.63, 3.8) is 0 Å². The third-order valence-corrected chi connectivity index (χ3v) is 13.6. The van der Waals surface area contributed by atoms with Gasteiger partial charge in [-0.3, -0.25) is 9.59 Å². The lowest BCUT2D eigenvalue weighted by molar-refractivity contribution is -0.258. The molecule has 184 valence electrons. The Hall–Kier alpha value is -0.700. The number of carbonyl (C=O) groups excluding carboxylic acids is 2. The van der Waals surface area contributed by atoms with Crippen molar-refractivity contribution in [3.05, 3.63) is 0 Å². The highest BCUT2D eigenvalue weighted by Crippen LogP contribution is 2.79. The highest BCUT2D eigenvalue weighted by atomic mass is 16.5. The summed E-state index contributed by atoms with van der Waals surface area (Å²) in [5.41, 5.74) is 1.05. The van der Waals surface area contributed by atoms with Crippen LogP contribution in [0.1, 0.15) is 106 Å². The molecule has 6 aliphatic rings. The first-order valence-electron chi connectivity index (χ1n) is 13.9. The molecule has 1 aliphatic heterocycles. The van der Waals surface area contributed by atoms with Crippen LogP contribution in [0.15, 0.2) is 0 Å². The lowest BCUT2D eigenvalue weighted by Crippen LogP contribution is -2.70. The zero-order valence-corrected chi connectivity index (χ0v) is 22.2. The van der Waals surface area contributed by atoms with E-state index in [0.717, 1.165) is 18.8 Å². The number of carbonyl (C=O) groups is 2. The van der Waals surface area contributed by atoms with Crippen molar-refractivity contribution >= 4 is 11.6 Å². The highest BCUT2D eigenvalue weighted by molar-refractivity contribution is 6.05. The first-order chi connectivity index (χ1) is 15.2. The smallest absolute Gasteiger partial charge is 0.144 e. The quantitative estimate of drug-likeness (QED) is 0.386. The van der Waals surface area contributed by atoms with Gasteiger partial charge < -0.3 is 4.74 Å². The molecule has 1 saturated heterocycles. The molecule has 0 N–H and O–H groups in total. The molecule has 33 heavy (non-hydrogen) atoms. The molecule has 2 bridgehead atoms. The molecule has 5 aliphatic carbocycles. The molecule has 6 rings (SSSR count). The van der Waals surface area contributed by atoms with Gasteiger partial charge in [-0.15, -0.1) is 0 Å². The van der Waals surface area contributed by atoms with Gasteiger partial charge in [-0.05, 0) is 90.3 Å². The van der Waals surface area contributed by atoms with Gasteiger partial charge in [0.05, 0.1) is 19.1 Å². The van der Waals surface area contributed by atoms with E-state index in [1.165, 1.54) is 38.5 Å². The van der Waals surface area contributed by atoms with Crippen LogP contribution in [0.2, 0.25) is 0 Å². The molecule has 0 aromatic heterocycles. The number of ketones is 2. The third kappa shape index (κ3) is 2.52. The summed E-state index contributed by atoms with van der Waals surface area (Å²) in [4.78, 5) is 26.5. The second-order valence-corrected chi connectivity index (χ2v) is 15.4. The minimum absolute atomic E-state index is 0.000989. The van der Waals surface area contributed by atoms with E-state index in [1.54, 1.807) is 0 Å². The fourth-order valence-corrected chi connectivity index (χ4v) is 11.6. The van der Waals surface area contributed by atoms with Gasteiger partial charge in [0.2, 0.25) is 0 Å². The molecule has 5 saturated carbocycles. The first-order valence-corrected chi connectivity index (χ1v) is 13.9. The van der Waals surface area contributed by atoms with Crippen molar-refractivity contribution in [3.8, 4) is 0 Å². The maximum atomic E-state index is 13.7. The molecule has 3 nitrogen and oxygen atoms in total. The Morgan fingerprint density at radius 2 is 1.45 bits per heavy atom. The normalized spacial score (nSPS) is 59.3. The van der Waals surface area contributed by atoms with E-state index in [1.807, 2.05) is 0 Å². The van der Waals surface area contributed by atoms with E-state index in [4.69, 9.17) is 4.74 Å². The Labute approximate surface area is 201 Å². The van der Waals surface area contributed by atoms with Gasteiger partial charge in [0.25, 0.3) is 0 Å². The SMILES string of the molecule is CC1C(=O)CC(=O)C2C3(C)CCC4(C)C5CC(C)(C)CCC5(C)CCC4(C)C3C3CC12CO3. The topological polar surface area (TPSA) is 43.4 Å². The van der Waals surface area contributed by atoms with Crippen LogP contribution in [0.25, 0.3) is 0 Å². The molecular weight excluding hydrogens is 408 g/mol. The molecule has 0 aromatic rings. The summed E-state index contributed by atoms with van der Waals surface area (Å²) in [6, 6.07) is 0. The molecule has 6 fully saturated rings. The van der Waals surface area contributed by atoms with Gasteiger partial charge >= 0.3 is 0 Å². The second-order valence-electron chi connectivity index (χ2n) is 15.4. The van der Waals surface area contributed by atoms with E-state index in [0.29, 0.717) is 23.4 Å². The van der Waals surface area contributed by atoms with E-state index in [9.17, 15) is 9.59 Å². The van der Waals surface area contributed by atoms with E-state index in [-0.39, 0.29) is 57.6 Å². The number of hydrogen-bond donors (Lipinski definition) is 0. The Kier molecular flexibility index (Phi) is 4.37. The zero-order chi connectivity index (χ0) is 23.8. The van der Waals surface area contributed by atoms with Crippen molar-refractivity contribution in [1.82, 2.24) is 0 Å². The number of Topliss-reactive ketones (excluding diaryl/α,β-unsaturated/α-hetero) is 2. The Balaban J connectivity index is 1.47. The van der Waals surface area contributed by atoms with Crippen molar-refractivity contribution in [2.24, 2.45) is 56.2 Å². The Morgan fingerprint density at radius 3 is 2.18 bits per heavy atom. The molecule has 3 heteroatoms. The number of rotatable bonds is 0. The average molecular weight is 455 g/mol. The standard InChI is InChI=1S/C30H46O3/c1-18-19(31)14-20(32)23-27(5)11-13-28(6)22-16-25(2,3)8-9-26(22,4)10-12-29(28,7)24(27)21-15-30(18,23)17-33-21/h18,21-24H,8-17H2,1-7H3. The monoisotopic (exact) mass is 454 g/mol. The number of hydrogen-bond acceptors (Lipinski definition) is 3. The van der Waals surface area contributed by atoms with Crippen LogP contribution in [0.4, 0.5) is 0 Å². The van der Waals surface area contributed by atoms with Crippen LogP contribution >= 0.6 is 0 Å². The Bertz CT molecular complexity index is 922. The van der Waals surface area contributed by atoms with Gasteiger partial charge in [-0.25, -0.2) is 0 Å². The summed E-state index contributed by atoms with van der Waals surface area (Å²) in [6.07, 6.45) is 10.3. The lowest BCUT2D eigenvalue weighted by atomic mass is 9.30. The van der Waals surface area contributed by atoms with E-state index < -0.39 is 0 Å². The fraction of sp³-hybridized carbons (Fsp3) is 0.933. The van der Waals surface area contributed by atoms with E-state index in [2.05, 4.69) is 48.5 Å². The summed E-state index contributed by atoms with van der Waals surface area (Å²) in [6.45, 7) is 18.0. The van der Waals surface area contributed by atoms with Gasteiger partial charge in [-0.2, -0.15) is 0 Å². The van der Waals surface area contributed by atoms with Crippen LogP contribution in [0.5, 0.6) is 0 Å². The minimum atomic E-state index is -0.248. The maximum Gasteiger partial charge on any atom is 0.144 e. The second kappa shape index (κ2) is 6.34. The molecule has 0 amide bonds. The molecule has 10 atom stereocenters. The summed E-state index contributed by atoms with van der Waals surface area (Å²) in [7, 11) is 0. The van der Waals surface area contributed by atoms with Crippen LogP contribution in [-0.4, -0.2) is 24.3 Å². The van der Waals surface area contributed by atoms with Crippen LogP contribution < -0.4 is 0 Å². The summed E-state index contributed by atoms with van der Waals surface area (Å²) < 4.78 is 6.70. The minimum Gasteiger partial charge on any atom is -0.377 e. The van der Waals surface area contributed by atoms with Crippen molar-refractivity contribution < 1.29 is 14.3 Å². The van der Waals surface area contributed by atoms with Gasteiger partial charge in [0, 0.05) is 17.3 Å². The van der Waals surface area contributed by atoms with Crippen LogP contribution in [0, 0.1) is 56.2 Å². The molecule has 0 aromatic carbocycles. The predicted octanol–water partition coefficient (Wildman–Crippen LogP) is 6.62. The molecule has 1 spiro atoms. The first kappa shape index (κ1) is 22.7. The summed E-state index contributed by atoms with van der Waals surface area (Å²) in [5.74, 6) is 1.52. The molecule has 1 heterocycles. The van der Waals surface area contributed by atoms with Crippen LogP contribution in [-0.2, 0) is 14.3 Å². The molecule has 10 unspecified atom stereocenters. The number of ether oxygens (including phenoxy) is 1. The largest absolute Gasteiger partial charge is 0.377 e. The van der Waals surface area contributed by atoms with Gasteiger partial charge in [0.1, 0.15) is 11.6 Å². The fourth-order valence-electron chi connectivity index (χ4n) is 11.6. The maximum absolute atomic E-state index is 13.7. The summed E-state index contributed by atoms with van der Waals surface area (Å²) in [5, 5.41) is 0. The molecule has 0 radical (unpaired) electrons. The lowest BCUT2D eigenvalue weighted by Gasteiger charge is -2.74. The van der Waals surface area contributed by atoms with Gasteiger partial charge in [-0.1, -0.05) is 48.5 Å². The van der Waals surface area contributed by atoms with Crippen LogP contribution in [0.3, 0.4) is 0 Å². The van der Waals surface area contributed by atoms with E-state index >= 15 is 0 Å². The third-order valence-electron chi connectivity index (χ3n) is 13.6. The Morgan fingerprint density at radius 1 is 0.788 bits per heavy atom. The predicted molar refractivity (Wildman–Crippen MR) is 130 cm³/mol. The zero-order valence-electron chi connectivity index (χ0n) is 22.2. The number of fused-ring (bicyclic) bond motifs is 8. The van der Waals surface area contributed by atoms with Crippen molar-refractivity contribution in [1.29, 1.82) is 0 Å².